The zero-order chi connectivity index (χ0) is 31.8. The minimum atomic E-state index is -1.03. The van der Waals surface area contributed by atoms with E-state index in [0.29, 0.717) is 23.4 Å². The van der Waals surface area contributed by atoms with E-state index in [-0.39, 0.29) is 48.9 Å². The number of nitrogens with zero attached hydrogens (tertiary/aromatic N) is 1. The van der Waals surface area contributed by atoms with Gasteiger partial charge in [0.05, 0.1) is 36.3 Å². The molecule has 3 aromatic rings. The van der Waals surface area contributed by atoms with E-state index in [0.717, 1.165) is 16.8 Å². The maximum absolute atomic E-state index is 13.8. The summed E-state index contributed by atoms with van der Waals surface area (Å²) in [6, 6.07) is 24.2. The van der Waals surface area contributed by atoms with Gasteiger partial charge in [0, 0.05) is 17.9 Å². The second-order valence-electron chi connectivity index (χ2n) is 11.6. The van der Waals surface area contributed by atoms with Crippen LogP contribution >= 0.6 is 0 Å². The van der Waals surface area contributed by atoms with Crippen LogP contribution in [0.4, 0.5) is 10.1 Å². The molecule has 7 nitrogen and oxygen atoms in total. The Hall–Kier alpha value is -4.27. The number of aliphatic hydroxyl groups excluding tert-OH is 2. The molecule has 0 aromatic heterocycles. The van der Waals surface area contributed by atoms with Crippen LogP contribution in [0, 0.1) is 11.7 Å². The highest BCUT2D eigenvalue weighted by Gasteiger charge is 2.40. The maximum Gasteiger partial charge on any atom is 0.257 e. The molecule has 1 aliphatic rings. The lowest BCUT2D eigenvalue weighted by molar-refractivity contribution is -0.124. The van der Waals surface area contributed by atoms with E-state index in [1.807, 2.05) is 86.3 Å². The first-order valence-corrected chi connectivity index (χ1v) is 15.1. The van der Waals surface area contributed by atoms with Crippen LogP contribution in [-0.4, -0.2) is 45.7 Å². The molecule has 1 unspecified atom stereocenters. The number of hydrogen-bond acceptors (Lipinski definition) is 5. The van der Waals surface area contributed by atoms with Crippen molar-refractivity contribution in [2.45, 2.75) is 64.3 Å². The Bertz CT molecular complexity index is 1460. The lowest BCUT2D eigenvalue weighted by atomic mass is 9.95. The predicted molar refractivity (Wildman–Crippen MR) is 171 cm³/mol. The average molecular weight is 600 g/mol. The smallest absolute Gasteiger partial charge is 0.257 e. The molecule has 0 radical (unpaired) electrons. The third-order valence-corrected chi connectivity index (χ3v) is 7.87. The molecule has 4 atom stereocenters. The van der Waals surface area contributed by atoms with Crippen LogP contribution in [0.1, 0.15) is 63.2 Å². The second-order valence-corrected chi connectivity index (χ2v) is 11.6. The van der Waals surface area contributed by atoms with Gasteiger partial charge in [0.25, 0.3) is 5.91 Å². The number of amides is 2. The number of rotatable bonds is 13. The van der Waals surface area contributed by atoms with Crippen molar-refractivity contribution in [2.75, 3.05) is 11.9 Å². The van der Waals surface area contributed by atoms with Crippen LogP contribution in [0.25, 0.3) is 0 Å². The van der Waals surface area contributed by atoms with Crippen LogP contribution in [0.3, 0.4) is 0 Å². The number of allylic oxidation sites excluding steroid dienone is 1. The fraction of sp³-hybridized carbons (Fsp3) is 0.333. The quantitative estimate of drug-likeness (QED) is 0.191. The number of para-hydroxylation sites is 1. The standard InChI is InChI=1S/C36H42FN3O4/c1-23(2)34-33(36(44)39-29-13-9-6-10-14-29)24(3)35(27-15-17-28(37)18-16-27)40(34)20-19-30(41)21-31(42)22-32(43)38-25(4)26-11-7-5-8-12-26/h5-18,23,25,30-31,35,41-42H,3,19-22H2,1-2,4H3,(H,38,43)(H,39,44)/t25-,30-,31-,35?/m1/s1. The van der Waals surface area contributed by atoms with Gasteiger partial charge in [0.2, 0.25) is 5.91 Å². The minimum absolute atomic E-state index is 0.0191. The zero-order valence-electron chi connectivity index (χ0n) is 25.5. The maximum atomic E-state index is 13.8. The summed E-state index contributed by atoms with van der Waals surface area (Å²) in [5.74, 6) is -1.01. The fourth-order valence-corrected chi connectivity index (χ4v) is 5.79. The van der Waals surface area contributed by atoms with Crippen LogP contribution < -0.4 is 10.6 Å². The SMILES string of the molecule is C=C1C(C(=O)Nc2ccccc2)=C(C(C)C)N(CC[C@@H](O)C[C@@H](O)CC(=O)N[C@H](C)c2ccccc2)C1c1ccc(F)cc1. The molecule has 232 valence electrons. The number of hydrogen-bond donors (Lipinski definition) is 4. The molecule has 0 spiro atoms. The van der Waals surface area contributed by atoms with Crippen LogP contribution in [-0.2, 0) is 9.59 Å². The largest absolute Gasteiger partial charge is 0.393 e. The van der Waals surface area contributed by atoms with Crippen molar-refractivity contribution < 1.29 is 24.2 Å². The molecule has 4 rings (SSSR count). The van der Waals surface area contributed by atoms with E-state index in [4.69, 9.17) is 0 Å². The number of carbonyl (C=O) groups is 2. The first-order chi connectivity index (χ1) is 21.0. The van der Waals surface area contributed by atoms with Gasteiger partial charge in [0.15, 0.2) is 0 Å². The minimum Gasteiger partial charge on any atom is -0.393 e. The van der Waals surface area contributed by atoms with Crippen molar-refractivity contribution >= 4 is 17.5 Å². The monoisotopic (exact) mass is 599 g/mol. The van der Waals surface area contributed by atoms with Gasteiger partial charge in [-0.2, -0.15) is 0 Å². The molecule has 0 saturated carbocycles. The molecule has 0 bridgehead atoms. The number of benzene rings is 3. The zero-order valence-corrected chi connectivity index (χ0v) is 25.5. The molecule has 2 amide bonds. The van der Waals surface area contributed by atoms with E-state index in [2.05, 4.69) is 17.2 Å². The topological polar surface area (TPSA) is 102 Å². The van der Waals surface area contributed by atoms with Gasteiger partial charge in [-0.3, -0.25) is 9.59 Å². The Morgan fingerprint density at radius 1 is 0.909 bits per heavy atom. The predicted octanol–water partition coefficient (Wildman–Crippen LogP) is 6.06. The summed E-state index contributed by atoms with van der Waals surface area (Å²) in [6.07, 6.45) is -1.77. The lowest BCUT2D eigenvalue weighted by Crippen LogP contribution is -2.33. The normalized spacial score (nSPS) is 17.0. The van der Waals surface area contributed by atoms with E-state index < -0.39 is 18.2 Å². The van der Waals surface area contributed by atoms with E-state index in [9.17, 15) is 24.2 Å². The average Bonchev–Trinajstić information content (AvgIpc) is 3.29. The molecule has 8 heteroatoms. The molecule has 1 heterocycles. The van der Waals surface area contributed by atoms with E-state index in [1.165, 1.54) is 12.1 Å². The molecule has 4 N–H and O–H groups in total. The third kappa shape index (κ3) is 8.21. The lowest BCUT2D eigenvalue weighted by Gasteiger charge is -2.33. The molecule has 44 heavy (non-hydrogen) atoms. The third-order valence-electron chi connectivity index (χ3n) is 7.87. The highest BCUT2D eigenvalue weighted by atomic mass is 19.1. The Morgan fingerprint density at radius 3 is 2.14 bits per heavy atom. The first kappa shape index (κ1) is 32.6. The van der Waals surface area contributed by atoms with Gasteiger partial charge >= 0.3 is 0 Å². The molecule has 0 saturated heterocycles. The summed E-state index contributed by atoms with van der Waals surface area (Å²) in [5.41, 5.74) is 4.23. The van der Waals surface area contributed by atoms with Gasteiger partial charge in [0.1, 0.15) is 5.82 Å². The van der Waals surface area contributed by atoms with Crippen molar-refractivity contribution in [1.29, 1.82) is 0 Å². The van der Waals surface area contributed by atoms with Gasteiger partial charge in [-0.25, -0.2) is 4.39 Å². The number of anilines is 1. The summed E-state index contributed by atoms with van der Waals surface area (Å²) in [4.78, 5) is 28.2. The summed E-state index contributed by atoms with van der Waals surface area (Å²) >= 11 is 0. The number of nitrogens with one attached hydrogen (secondary N) is 2. The van der Waals surface area contributed by atoms with Crippen molar-refractivity contribution in [3.05, 3.63) is 125 Å². The summed E-state index contributed by atoms with van der Waals surface area (Å²) in [5, 5.41) is 27.4. The fourth-order valence-electron chi connectivity index (χ4n) is 5.79. The Labute approximate surface area is 259 Å². The van der Waals surface area contributed by atoms with Gasteiger partial charge < -0.3 is 25.7 Å². The van der Waals surface area contributed by atoms with Gasteiger partial charge in [-0.15, -0.1) is 0 Å². The van der Waals surface area contributed by atoms with Gasteiger partial charge in [-0.1, -0.05) is 81.1 Å². The Kier molecular flexibility index (Phi) is 11.1. The van der Waals surface area contributed by atoms with Crippen LogP contribution in [0.5, 0.6) is 0 Å². The highest BCUT2D eigenvalue weighted by molar-refractivity contribution is 6.08. The van der Waals surface area contributed by atoms with Crippen molar-refractivity contribution in [1.82, 2.24) is 10.2 Å². The van der Waals surface area contributed by atoms with Crippen molar-refractivity contribution in [2.24, 2.45) is 5.92 Å². The second kappa shape index (κ2) is 14.9. The number of halogens is 1. The highest BCUT2D eigenvalue weighted by Crippen LogP contribution is 2.45. The molecule has 1 aliphatic heterocycles. The summed E-state index contributed by atoms with van der Waals surface area (Å²) in [7, 11) is 0. The summed E-state index contributed by atoms with van der Waals surface area (Å²) < 4.78 is 13.8. The Morgan fingerprint density at radius 2 is 1.52 bits per heavy atom. The molecule has 0 aliphatic carbocycles. The first-order valence-electron chi connectivity index (χ1n) is 15.1. The van der Waals surface area contributed by atoms with Crippen LogP contribution in [0.2, 0.25) is 0 Å². The van der Waals surface area contributed by atoms with Crippen LogP contribution in [0.15, 0.2) is 108 Å². The number of aliphatic hydroxyl groups is 2. The van der Waals surface area contributed by atoms with Gasteiger partial charge in [-0.05, 0) is 66.6 Å². The molecule has 3 aromatic carbocycles. The van der Waals surface area contributed by atoms with Crippen molar-refractivity contribution in [3.8, 4) is 0 Å². The van der Waals surface area contributed by atoms with E-state index >= 15 is 0 Å². The van der Waals surface area contributed by atoms with E-state index in [1.54, 1.807) is 12.1 Å². The molecule has 0 fully saturated rings. The molecular weight excluding hydrogens is 557 g/mol. The molecular formula is C36H42FN3O4. The summed E-state index contributed by atoms with van der Waals surface area (Å²) in [6.45, 7) is 10.5. The van der Waals surface area contributed by atoms with Crippen molar-refractivity contribution in [3.63, 3.8) is 0 Å². The Balaban J connectivity index is 1.47. The number of carbonyl (C=O) groups excluding carboxylic acids is 2.